The van der Waals surface area contributed by atoms with Crippen LogP contribution in [-0.4, -0.2) is 21.1 Å². The van der Waals surface area contributed by atoms with Crippen LogP contribution in [0.4, 0.5) is 17.4 Å². The number of rotatable bonds is 5. The maximum absolute atomic E-state index is 12.2. The van der Waals surface area contributed by atoms with Crippen molar-refractivity contribution in [2.75, 3.05) is 10.6 Å². The maximum atomic E-state index is 12.2. The van der Waals surface area contributed by atoms with E-state index in [1.807, 2.05) is 12.1 Å². The van der Waals surface area contributed by atoms with Gasteiger partial charge in [-0.2, -0.15) is 0 Å². The predicted octanol–water partition coefficient (Wildman–Crippen LogP) is 4.78. The Balaban J connectivity index is 1.44. The summed E-state index contributed by atoms with van der Waals surface area (Å²) in [5.74, 6) is 0.126. The average Bonchev–Trinajstić information content (AvgIpc) is 3.18. The number of nitrogens with zero attached hydrogens (tertiary/aromatic N) is 3. The van der Waals surface area contributed by atoms with Gasteiger partial charge in [0.25, 0.3) is 5.91 Å². The van der Waals surface area contributed by atoms with Gasteiger partial charge in [0.2, 0.25) is 5.89 Å². The van der Waals surface area contributed by atoms with E-state index in [-0.39, 0.29) is 11.9 Å². The number of hydrogen-bond acceptors (Lipinski definition) is 6. The van der Waals surface area contributed by atoms with Crippen LogP contribution in [0.5, 0.6) is 0 Å². The molecule has 2 N–H and O–H groups in total. The van der Waals surface area contributed by atoms with Crippen LogP contribution in [0.15, 0.2) is 77.5 Å². The van der Waals surface area contributed by atoms with E-state index in [0.29, 0.717) is 22.2 Å². The Kier molecular flexibility index (Phi) is 4.99. The fourth-order valence-corrected chi connectivity index (χ4v) is 2.67. The van der Waals surface area contributed by atoms with E-state index in [2.05, 4.69) is 25.8 Å². The molecular formula is C20H14ClN5O2. The van der Waals surface area contributed by atoms with Crippen molar-refractivity contribution in [3.05, 3.63) is 83.6 Å². The molecule has 0 atom stereocenters. The average molecular weight is 392 g/mol. The largest absolute Gasteiger partial charge is 0.403 e. The Morgan fingerprint density at radius 3 is 2.57 bits per heavy atom. The van der Waals surface area contributed by atoms with E-state index < -0.39 is 0 Å². The van der Waals surface area contributed by atoms with Gasteiger partial charge in [-0.25, -0.2) is 0 Å². The smallest absolute Gasteiger partial charge is 0.320 e. The normalized spacial score (nSPS) is 10.5. The van der Waals surface area contributed by atoms with Crippen LogP contribution in [-0.2, 0) is 0 Å². The molecule has 8 heteroatoms. The van der Waals surface area contributed by atoms with Crippen molar-refractivity contribution in [2.24, 2.45) is 0 Å². The first-order chi connectivity index (χ1) is 13.7. The number of amides is 1. The molecule has 0 unspecified atom stereocenters. The van der Waals surface area contributed by atoms with Crippen LogP contribution in [0.3, 0.4) is 0 Å². The second-order valence-electron chi connectivity index (χ2n) is 5.82. The summed E-state index contributed by atoms with van der Waals surface area (Å²) in [6, 6.07) is 18.0. The van der Waals surface area contributed by atoms with Gasteiger partial charge < -0.3 is 15.1 Å². The lowest BCUT2D eigenvalue weighted by atomic mass is 10.2. The van der Waals surface area contributed by atoms with Crippen LogP contribution in [0, 0.1) is 0 Å². The summed E-state index contributed by atoms with van der Waals surface area (Å²) in [5.41, 5.74) is 2.61. The Morgan fingerprint density at radius 2 is 1.82 bits per heavy atom. The molecule has 0 radical (unpaired) electrons. The van der Waals surface area contributed by atoms with Crippen LogP contribution >= 0.6 is 11.6 Å². The van der Waals surface area contributed by atoms with Gasteiger partial charge in [0.1, 0.15) is 0 Å². The highest BCUT2D eigenvalue weighted by atomic mass is 35.5. The zero-order chi connectivity index (χ0) is 19.3. The van der Waals surface area contributed by atoms with Gasteiger partial charge >= 0.3 is 6.01 Å². The summed E-state index contributed by atoms with van der Waals surface area (Å²) < 4.78 is 5.63. The van der Waals surface area contributed by atoms with E-state index >= 15 is 0 Å². The summed E-state index contributed by atoms with van der Waals surface area (Å²) in [5, 5.41) is 14.4. The molecule has 4 aromatic rings. The zero-order valence-corrected chi connectivity index (χ0v) is 15.2. The molecule has 2 aromatic carbocycles. The molecule has 2 heterocycles. The van der Waals surface area contributed by atoms with Crippen molar-refractivity contribution in [3.8, 4) is 11.5 Å². The molecule has 0 aliphatic heterocycles. The first-order valence-corrected chi connectivity index (χ1v) is 8.73. The van der Waals surface area contributed by atoms with Gasteiger partial charge in [-0.05, 0) is 54.6 Å². The summed E-state index contributed by atoms with van der Waals surface area (Å²) in [7, 11) is 0. The third kappa shape index (κ3) is 4.16. The number of nitrogens with one attached hydrogen (secondary N) is 2. The van der Waals surface area contributed by atoms with E-state index in [1.54, 1.807) is 54.7 Å². The topological polar surface area (TPSA) is 92.9 Å². The summed E-state index contributed by atoms with van der Waals surface area (Å²) in [4.78, 5) is 16.1. The van der Waals surface area contributed by atoms with Crippen LogP contribution in [0.25, 0.3) is 11.5 Å². The molecule has 0 aliphatic rings. The highest BCUT2D eigenvalue weighted by Gasteiger charge is 2.10. The Hall–Kier alpha value is -3.71. The molecule has 0 spiro atoms. The molecular weight excluding hydrogens is 378 g/mol. The number of carbonyl (C=O) groups is 1. The van der Waals surface area contributed by atoms with E-state index in [0.717, 1.165) is 11.3 Å². The van der Waals surface area contributed by atoms with Crippen molar-refractivity contribution >= 4 is 34.9 Å². The Morgan fingerprint density at radius 1 is 0.964 bits per heavy atom. The predicted molar refractivity (Wildman–Crippen MR) is 107 cm³/mol. The van der Waals surface area contributed by atoms with Crippen molar-refractivity contribution in [3.63, 3.8) is 0 Å². The van der Waals surface area contributed by atoms with E-state index in [9.17, 15) is 4.79 Å². The summed E-state index contributed by atoms with van der Waals surface area (Å²) in [6.45, 7) is 0. The molecule has 4 rings (SSSR count). The highest BCUT2D eigenvalue weighted by Crippen LogP contribution is 2.24. The summed E-state index contributed by atoms with van der Waals surface area (Å²) >= 11 is 5.96. The third-order valence-corrected chi connectivity index (χ3v) is 4.05. The van der Waals surface area contributed by atoms with Crippen molar-refractivity contribution in [1.82, 2.24) is 15.2 Å². The molecule has 1 amide bonds. The van der Waals surface area contributed by atoms with Gasteiger partial charge in [0.05, 0.1) is 5.56 Å². The first kappa shape index (κ1) is 17.7. The first-order valence-electron chi connectivity index (χ1n) is 8.35. The fourth-order valence-electron chi connectivity index (χ4n) is 2.48. The lowest BCUT2D eigenvalue weighted by Gasteiger charge is -2.05. The third-order valence-electron chi connectivity index (χ3n) is 3.81. The quantitative estimate of drug-likeness (QED) is 0.508. The lowest BCUT2D eigenvalue weighted by Crippen LogP contribution is -2.11. The zero-order valence-electron chi connectivity index (χ0n) is 14.5. The van der Waals surface area contributed by atoms with Gasteiger partial charge in [0, 0.05) is 34.4 Å². The number of hydrogen-bond donors (Lipinski definition) is 2. The minimum absolute atomic E-state index is 0.230. The maximum Gasteiger partial charge on any atom is 0.320 e. The van der Waals surface area contributed by atoms with Gasteiger partial charge in [0.15, 0.2) is 0 Å². The second-order valence-corrected chi connectivity index (χ2v) is 6.26. The summed E-state index contributed by atoms with van der Waals surface area (Å²) in [6.07, 6.45) is 3.13. The van der Waals surface area contributed by atoms with Gasteiger partial charge in [-0.1, -0.05) is 22.8 Å². The Bertz CT molecular complexity index is 1100. The molecule has 28 heavy (non-hydrogen) atoms. The van der Waals surface area contributed by atoms with Gasteiger partial charge in [-0.15, -0.1) is 5.10 Å². The van der Waals surface area contributed by atoms with Crippen LogP contribution in [0.1, 0.15) is 10.4 Å². The minimum atomic E-state index is -0.230. The monoisotopic (exact) mass is 391 g/mol. The number of benzene rings is 2. The standard InChI is InChI=1S/C20H14ClN5O2/c21-15-4-1-5-17(11-15)24-20-26-25-19(28-20)13-6-8-16(9-7-13)23-18(27)14-3-2-10-22-12-14/h1-12H,(H,23,27)(H,24,26). The molecule has 2 aromatic heterocycles. The molecule has 138 valence electrons. The molecule has 0 bridgehead atoms. The second kappa shape index (κ2) is 7.89. The molecule has 0 saturated heterocycles. The van der Waals surface area contributed by atoms with E-state index in [4.69, 9.17) is 16.0 Å². The highest BCUT2D eigenvalue weighted by molar-refractivity contribution is 6.30. The van der Waals surface area contributed by atoms with Crippen LogP contribution < -0.4 is 10.6 Å². The van der Waals surface area contributed by atoms with Crippen molar-refractivity contribution in [1.29, 1.82) is 0 Å². The van der Waals surface area contributed by atoms with Crippen LogP contribution in [0.2, 0.25) is 5.02 Å². The van der Waals surface area contributed by atoms with Gasteiger partial charge in [-0.3, -0.25) is 9.78 Å². The lowest BCUT2D eigenvalue weighted by molar-refractivity contribution is 0.102. The number of pyridine rings is 1. The molecule has 0 aliphatic carbocycles. The fraction of sp³-hybridized carbons (Fsp3) is 0. The number of anilines is 3. The van der Waals surface area contributed by atoms with Crippen molar-refractivity contribution < 1.29 is 9.21 Å². The minimum Gasteiger partial charge on any atom is -0.403 e. The van der Waals surface area contributed by atoms with Crippen molar-refractivity contribution in [2.45, 2.75) is 0 Å². The van der Waals surface area contributed by atoms with E-state index in [1.165, 1.54) is 6.20 Å². The molecule has 7 nitrogen and oxygen atoms in total. The Labute approximate surface area is 165 Å². The number of aromatic nitrogens is 3. The molecule has 0 fully saturated rings. The molecule has 0 saturated carbocycles. The SMILES string of the molecule is O=C(Nc1ccc(-c2nnc(Nc3cccc(Cl)c3)o2)cc1)c1cccnc1. The number of halogens is 1. The number of carbonyl (C=O) groups excluding carboxylic acids is 1.